The summed E-state index contributed by atoms with van der Waals surface area (Å²) in [5, 5.41) is 0. The molecule has 2 nitrogen and oxygen atoms in total. The Hall–Kier alpha value is -1.09. The molecular formula is C13H15BrN2. The van der Waals surface area contributed by atoms with Crippen LogP contribution in [-0.2, 0) is 12.8 Å². The van der Waals surface area contributed by atoms with E-state index in [9.17, 15) is 0 Å². The van der Waals surface area contributed by atoms with Crippen LogP contribution in [0.3, 0.4) is 0 Å². The molecule has 1 N–H and O–H groups in total. The topological polar surface area (TPSA) is 28.7 Å². The molecule has 84 valence electrons. The summed E-state index contributed by atoms with van der Waals surface area (Å²) in [5.41, 5.74) is 2.67. The van der Waals surface area contributed by atoms with E-state index in [4.69, 9.17) is 0 Å². The lowest BCUT2D eigenvalue weighted by Gasteiger charge is -2.08. The van der Waals surface area contributed by atoms with E-state index in [0.29, 0.717) is 4.83 Å². The van der Waals surface area contributed by atoms with Crippen LogP contribution in [0.1, 0.15) is 17.0 Å². The highest BCUT2D eigenvalue weighted by Gasteiger charge is 2.07. The molecule has 1 aromatic carbocycles. The van der Waals surface area contributed by atoms with Crippen molar-refractivity contribution in [1.82, 2.24) is 9.97 Å². The maximum absolute atomic E-state index is 4.23. The van der Waals surface area contributed by atoms with Crippen molar-refractivity contribution in [2.24, 2.45) is 0 Å². The SMILES string of the molecule is Cc1ccc(CC(Br)Cc2ncc[nH]2)cc1. The Morgan fingerprint density at radius 3 is 2.62 bits per heavy atom. The van der Waals surface area contributed by atoms with Crippen LogP contribution in [0.2, 0.25) is 0 Å². The summed E-state index contributed by atoms with van der Waals surface area (Å²) < 4.78 is 0. The van der Waals surface area contributed by atoms with Crippen LogP contribution in [0.4, 0.5) is 0 Å². The Morgan fingerprint density at radius 2 is 2.00 bits per heavy atom. The van der Waals surface area contributed by atoms with Gasteiger partial charge in [-0.2, -0.15) is 0 Å². The molecule has 1 atom stereocenters. The van der Waals surface area contributed by atoms with Crippen LogP contribution in [0.25, 0.3) is 0 Å². The number of halogens is 1. The number of aromatic nitrogens is 2. The minimum absolute atomic E-state index is 0.432. The molecule has 0 aliphatic heterocycles. The van der Waals surface area contributed by atoms with Crippen molar-refractivity contribution >= 4 is 15.9 Å². The highest BCUT2D eigenvalue weighted by molar-refractivity contribution is 9.09. The van der Waals surface area contributed by atoms with E-state index >= 15 is 0 Å². The zero-order valence-electron chi connectivity index (χ0n) is 9.28. The summed E-state index contributed by atoms with van der Waals surface area (Å²) in [6.07, 6.45) is 5.61. The molecule has 0 aliphatic carbocycles. The van der Waals surface area contributed by atoms with Crippen LogP contribution in [0.15, 0.2) is 36.7 Å². The van der Waals surface area contributed by atoms with Gasteiger partial charge >= 0.3 is 0 Å². The van der Waals surface area contributed by atoms with Gasteiger partial charge in [-0.25, -0.2) is 4.98 Å². The minimum atomic E-state index is 0.432. The third-order valence-electron chi connectivity index (χ3n) is 2.55. The van der Waals surface area contributed by atoms with Gasteiger partial charge in [0, 0.05) is 23.6 Å². The molecule has 3 heteroatoms. The quantitative estimate of drug-likeness (QED) is 0.855. The summed E-state index contributed by atoms with van der Waals surface area (Å²) in [4.78, 5) is 7.78. The molecular weight excluding hydrogens is 264 g/mol. The molecule has 0 amide bonds. The standard InChI is InChI=1S/C13H15BrN2/c1-10-2-4-11(5-3-10)8-12(14)9-13-15-6-7-16-13/h2-7,12H,8-9H2,1H3,(H,15,16). The Bertz CT molecular complexity index is 420. The molecule has 2 aromatic rings. The smallest absolute Gasteiger partial charge is 0.107 e. The van der Waals surface area contributed by atoms with E-state index in [-0.39, 0.29) is 0 Å². The summed E-state index contributed by atoms with van der Waals surface area (Å²) in [6.45, 7) is 2.11. The zero-order chi connectivity index (χ0) is 11.4. The van der Waals surface area contributed by atoms with E-state index in [0.717, 1.165) is 18.7 Å². The van der Waals surface area contributed by atoms with Crippen molar-refractivity contribution in [3.8, 4) is 0 Å². The van der Waals surface area contributed by atoms with Gasteiger partial charge in [-0.3, -0.25) is 0 Å². The predicted octanol–water partition coefficient (Wildman–Crippen LogP) is 3.27. The molecule has 0 bridgehead atoms. The minimum Gasteiger partial charge on any atom is -0.349 e. The lowest BCUT2D eigenvalue weighted by atomic mass is 10.1. The molecule has 0 aliphatic rings. The highest BCUT2D eigenvalue weighted by atomic mass is 79.9. The molecule has 16 heavy (non-hydrogen) atoms. The Kier molecular flexibility index (Phi) is 3.78. The van der Waals surface area contributed by atoms with E-state index in [2.05, 4.69) is 57.1 Å². The number of nitrogens with one attached hydrogen (secondary N) is 1. The zero-order valence-corrected chi connectivity index (χ0v) is 10.9. The largest absolute Gasteiger partial charge is 0.349 e. The number of nitrogens with zero attached hydrogens (tertiary/aromatic N) is 1. The molecule has 1 unspecified atom stereocenters. The third kappa shape index (κ3) is 3.20. The van der Waals surface area contributed by atoms with Gasteiger partial charge in [0.25, 0.3) is 0 Å². The van der Waals surface area contributed by atoms with Gasteiger partial charge in [-0.1, -0.05) is 45.8 Å². The number of aromatic amines is 1. The fourth-order valence-electron chi connectivity index (χ4n) is 1.67. The van der Waals surface area contributed by atoms with Gasteiger partial charge in [-0.05, 0) is 18.9 Å². The molecule has 0 saturated carbocycles. The Labute approximate surface area is 104 Å². The number of benzene rings is 1. The molecule has 0 saturated heterocycles. The number of hydrogen-bond acceptors (Lipinski definition) is 1. The van der Waals surface area contributed by atoms with Crippen LogP contribution in [-0.4, -0.2) is 14.8 Å². The van der Waals surface area contributed by atoms with Gasteiger partial charge in [0.1, 0.15) is 5.82 Å². The van der Waals surface area contributed by atoms with E-state index in [1.54, 1.807) is 6.20 Å². The predicted molar refractivity (Wildman–Crippen MR) is 69.9 cm³/mol. The summed E-state index contributed by atoms with van der Waals surface area (Å²) >= 11 is 3.69. The fourth-order valence-corrected chi connectivity index (χ4v) is 2.35. The summed E-state index contributed by atoms with van der Waals surface area (Å²) in [7, 11) is 0. The van der Waals surface area contributed by atoms with Crippen molar-refractivity contribution in [2.75, 3.05) is 0 Å². The number of rotatable bonds is 4. The van der Waals surface area contributed by atoms with Crippen LogP contribution >= 0.6 is 15.9 Å². The molecule has 0 radical (unpaired) electrons. The first-order valence-electron chi connectivity index (χ1n) is 5.42. The summed E-state index contributed by atoms with van der Waals surface area (Å²) in [5.74, 6) is 1.04. The number of aryl methyl sites for hydroxylation is 1. The maximum atomic E-state index is 4.23. The molecule has 0 spiro atoms. The third-order valence-corrected chi connectivity index (χ3v) is 3.19. The van der Waals surface area contributed by atoms with Gasteiger partial charge < -0.3 is 4.98 Å². The van der Waals surface area contributed by atoms with E-state index < -0.39 is 0 Å². The second-order valence-electron chi connectivity index (χ2n) is 4.03. The van der Waals surface area contributed by atoms with E-state index in [1.165, 1.54) is 11.1 Å². The second kappa shape index (κ2) is 5.30. The number of hydrogen-bond donors (Lipinski definition) is 1. The average Bonchev–Trinajstić information content (AvgIpc) is 2.74. The first-order valence-corrected chi connectivity index (χ1v) is 6.33. The lowest BCUT2D eigenvalue weighted by Crippen LogP contribution is -2.07. The van der Waals surface area contributed by atoms with Gasteiger partial charge in [-0.15, -0.1) is 0 Å². The molecule has 0 fully saturated rings. The van der Waals surface area contributed by atoms with Crippen LogP contribution < -0.4 is 0 Å². The fraction of sp³-hybridized carbons (Fsp3) is 0.308. The van der Waals surface area contributed by atoms with Crippen LogP contribution in [0, 0.1) is 6.92 Å². The number of alkyl halides is 1. The number of H-pyrrole nitrogens is 1. The van der Waals surface area contributed by atoms with Crippen molar-refractivity contribution < 1.29 is 0 Å². The normalized spacial score (nSPS) is 12.6. The molecule has 1 aromatic heterocycles. The van der Waals surface area contributed by atoms with Crippen molar-refractivity contribution in [3.63, 3.8) is 0 Å². The summed E-state index contributed by atoms with van der Waals surface area (Å²) in [6, 6.07) is 8.68. The van der Waals surface area contributed by atoms with Crippen molar-refractivity contribution in [3.05, 3.63) is 53.6 Å². The van der Waals surface area contributed by atoms with Crippen molar-refractivity contribution in [2.45, 2.75) is 24.6 Å². The van der Waals surface area contributed by atoms with Gasteiger partial charge in [0.05, 0.1) is 0 Å². The van der Waals surface area contributed by atoms with Gasteiger partial charge in [0.2, 0.25) is 0 Å². The first-order chi connectivity index (χ1) is 7.74. The second-order valence-corrected chi connectivity index (χ2v) is 5.32. The monoisotopic (exact) mass is 278 g/mol. The average molecular weight is 279 g/mol. The lowest BCUT2D eigenvalue weighted by molar-refractivity contribution is 0.813. The highest BCUT2D eigenvalue weighted by Crippen LogP contribution is 2.14. The van der Waals surface area contributed by atoms with E-state index in [1.807, 2.05) is 6.20 Å². The number of imidazole rings is 1. The molecule has 1 heterocycles. The van der Waals surface area contributed by atoms with Gasteiger partial charge in [0.15, 0.2) is 0 Å². The maximum Gasteiger partial charge on any atom is 0.107 e. The molecule has 2 rings (SSSR count). The first kappa shape index (κ1) is 11.4. The van der Waals surface area contributed by atoms with Crippen LogP contribution in [0.5, 0.6) is 0 Å². The Balaban J connectivity index is 1.92. The van der Waals surface area contributed by atoms with Crippen molar-refractivity contribution in [1.29, 1.82) is 0 Å². The Morgan fingerprint density at radius 1 is 1.25 bits per heavy atom.